The Balaban J connectivity index is 1.95. The van der Waals surface area contributed by atoms with Gasteiger partial charge in [0.1, 0.15) is 16.6 Å². The number of nitrogens with one attached hydrogen (secondary N) is 1. The Morgan fingerprint density at radius 2 is 2.05 bits per heavy atom. The van der Waals surface area contributed by atoms with Crippen molar-refractivity contribution in [1.29, 1.82) is 5.26 Å². The molecule has 21 heavy (non-hydrogen) atoms. The fourth-order valence-corrected chi connectivity index (χ4v) is 2.50. The van der Waals surface area contributed by atoms with Crippen LogP contribution >= 0.6 is 11.3 Å². The minimum atomic E-state index is 0.459. The highest BCUT2D eigenvalue weighted by Gasteiger charge is 2.14. The van der Waals surface area contributed by atoms with E-state index in [0.29, 0.717) is 27.3 Å². The second-order valence-electron chi connectivity index (χ2n) is 4.17. The molecule has 0 aliphatic carbocycles. The molecule has 3 heterocycles. The van der Waals surface area contributed by atoms with Crippen LogP contribution in [-0.4, -0.2) is 19.9 Å². The van der Waals surface area contributed by atoms with E-state index in [4.69, 9.17) is 0 Å². The summed E-state index contributed by atoms with van der Waals surface area (Å²) in [4.78, 5) is 17.5. The summed E-state index contributed by atoms with van der Waals surface area (Å²) in [6, 6.07) is 9.46. The lowest BCUT2D eigenvalue weighted by Crippen LogP contribution is -1.97. The van der Waals surface area contributed by atoms with Crippen LogP contribution < -0.4 is 5.32 Å². The minimum Gasteiger partial charge on any atom is -0.300 e. The van der Waals surface area contributed by atoms with Crippen LogP contribution in [0.25, 0.3) is 11.4 Å². The third-order valence-corrected chi connectivity index (χ3v) is 3.53. The first kappa shape index (κ1) is 13.1. The molecule has 3 aromatic heterocycles. The number of rotatable bonds is 3. The molecule has 7 heteroatoms. The molecule has 6 nitrogen and oxygen atoms in total. The zero-order chi connectivity index (χ0) is 14.7. The van der Waals surface area contributed by atoms with Crippen molar-refractivity contribution in [3.8, 4) is 17.5 Å². The average Bonchev–Trinajstić information content (AvgIpc) is 2.91. The fourth-order valence-electron chi connectivity index (χ4n) is 1.73. The van der Waals surface area contributed by atoms with Gasteiger partial charge in [-0.15, -0.1) is 0 Å². The largest absolute Gasteiger partial charge is 0.300 e. The third-order valence-electron chi connectivity index (χ3n) is 2.65. The van der Waals surface area contributed by atoms with Gasteiger partial charge in [0.2, 0.25) is 5.95 Å². The molecule has 0 amide bonds. The summed E-state index contributed by atoms with van der Waals surface area (Å²) >= 11 is 1.25. The minimum absolute atomic E-state index is 0.459. The molecule has 0 fully saturated rings. The molecule has 0 saturated carbocycles. The molecule has 0 aromatic carbocycles. The Bertz CT molecular complexity index is 806. The monoisotopic (exact) mass is 294 g/mol. The highest BCUT2D eigenvalue weighted by Crippen LogP contribution is 2.30. The number of hydrogen-bond acceptors (Lipinski definition) is 7. The van der Waals surface area contributed by atoms with E-state index in [1.165, 1.54) is 11.3 Å². The Morgan fingerprint density at radius 1 is 1.14 bits per heavy atom. The van der Waals surface area contributed by atoms with Gasteiger partial charge in [0.25, 0.3) is 0 Å². The molecule has 0 bridgehead atoms. The van der Waals surface area contributed by atoms with Gasteiger partial charge in [-0.25, -0.2) is 15.0 Å². The highest BCUT2D eigenvalue weighted by molar-refractivity contribution is 7.16. The molecular formula is C14H10N6S. The Labute approximate surface area is 125 Å². The van der Waals surface area contributed by atoms with E-state index in [0.717, 1.165) is 5.69 Å². The van der Waals surface area contributed by atoms with Crippen LogP contribution in [0, 0.1) is 18.3 Å². The second kappa shape index (κ2) is 5.64. The maximum Gasteiger partial charge on any atom is 0.229 e. The third kappa shape index (κ3) is 2.85. The lowest BCUT2D eigenvalue weighted by atomic mass is 10.2. The first-order valence-corrected chi connectivity index (χ1v) is 6.97. The number of thiazole rings is 1. The van der Waals surface area contributed by atoms with Gasteiger partial charge in [0, 0.05) is 18.1 Å². The topological polar surface area (TPSA) is 87.4 Å². The van der Waals surface area contributed by atoms with E-state index in [2.05, 4.69) is 31.3 Å². The summed E-state index contributed by atoms with van der Waals surface area (Å²) in [5.41, 5.74) is 2.09. The maximum absolute atomic E-state index is 9.24. The van der Waals surface area contributed by atoms with Crippen LogP contribution in [-0.2, 0) is 0 Å². The van der Waals surface area contributed by atoms with Crippen molar-refractivity contribution in [2.24, 2.45) is 0 Å². The Kier molecular flexibility index (Phi) is 3.53. The number of nitrogens with zero attached hydrogens (tertiary/aromatic N) is 5. The number of pyridine rings is 1. The predicted molar refractivity (Wildman–Crippen MR) is 80.1 cm³/mol. The molecule has 0 unspecified atom stereocenters. The van der Waals surface area contributed by atoms with Gasteiger partial charge in [0.05, 0.1) is 5.69 Å². The summed E-state index contributed by atoms with van der Waals surface area (Å²) in [6.45, 7) is 1.88. The van der Waals surface area contributed by atoms with Crippen molar-refractivity contribution < 1.29 is 0 Å². The van der Waals surface area contributed by atoms with Crippen LogP contribution in [0.3, 0.4) is 0 Å². The van der Waals surface area contributed by atoms with Crippen LogP contribution in [0.5, 0.6) is 0 Å². The van der Waals surface area contributed by atoms with E-state index in [1.54, 1.807) is 12.4 Å². The Morgan fingerprint density at radius 3 is 2.76 bits per heavy atom. The smallest absolute Gasteiger partial charge is 0.229 e. The molecule has 3 aromatic rings. The molecule has 1 N–H and O–H groups in total. The quantitative estimate of drug-likeness (QED) is 0.799. The van der Waals surface area contributed by atoms with Gasteiger partial charge in [-0.2, -0.15) is 5.26 Å². The van der Waals surface area contributed by atoms with E-state index in [9.17, 15) is 5.26 Å². The van der Waals surface area contributed by atoms with E-state index < -0.39 is 0 Å². The summed E-state index contributed by atoms with van der Waals surface area (Å²) in [6.07, 6.45) is 3.34. The van der Waals surface area contributed by atoms with Crippen molar-refractivity contribution in [3.05, 3.63) is 47.2 Å². The number of nitriles is 1. The van der Waals surface area contributed by atoms with Gasteiger partial charge in [-0.05, 0) is 25.1 Å². The van der Waals surface area contributed by atoms with Gasteiger partial charge in [-0.3, -0.25) is 10.3 Å². The summed E-state index contributed by atoms with van der Waals surface area (Å²) in [7, 11) is 0. The van der Waals surface area contributed by atoms with Crippen LogP contribution in [0.1, 0.15) is 10.6 Å². The molecule has 0 aliphatic rings. The van der Waals surface area contributed by atoms with E-state index in [1.807, 2.05) is 31.2 Å². The molecule has 0 radical (unpaired) electrons. The maximum atomic E-state index is 9.24. The van der Waals surface area contributed by atoms with E-state index in [-0.39, 0.29) is 0 Å². The predicted octanol–water partition coefficient (Wildman–Crippen LogP) is 2.92. The zero-order valence-corrected chi connectivity index (χ0v) is 11.9. The first-order valence-electron chi connectivity index (χ1n) is 6.15. The van der Waals surface area contributed by atoms with Crippen molar-refractivity contribution in [3.63, 3.8) is 0 Å². The molecule has 0 saturated heterocycles. The van der Waals surface area contributed by atoms with Crippen molar-refractivity contribution in [2.75, 3.05) is 5.32 Å². The Hall–Kier alpha value is -2.85. The SMILES string of the molecule is Cc1ccnc(Nc2nc(-c3ccccn3)c(C#N)s2)n1. The normalized spacial score (nSPS) is 10.1. The van der Waals surface area contributed by atoms with Gasteiger partial charge in [0.15, 0.2) is 5.13 Å². The first-order chi connectivity index (χ1) is 10.3. The summed E-state index contributed by atoms with van der Waals surface area (Å²) in [5, 5.41) is 12.8. The van der Waals surface area contributed by atoms with Crippen molar-refractivity contribution in [2.45, 2.75) is 6.92 Å². The van der Waals surface area contributed by atoms with Crippen LogP contribution in [0.15, 0.2) is 36.7 Å². The van der Waals surface area contributed by atoms with Gasteiger partial charge in [-0.1, -0.05) is 17.4 Å². The molecular weight excluding hydrogens is 284 g/mol. The van der Waals surface area contributed by atoms with Gasteiger partial charge >= 0.3 is 0 Å². The standard InChI is InChI=1S/C14H10N6S/c1-9-5-7-17-13(18-9)20-14-19-12(11(8-15)21-14)10-4-2-3-6-16-10/h2-7H,1H3,(H,17,18,19,20). The van der Waals surface area contributed by atoms with E-state index >= 15 is 0 Å². The molecule has 102 valence electrons. The zero-order valence-electron chi connectivity index (χ0n) is 11.1. The molecule has 3 rings (SSSR count). The fraction of sp³-hybridized carbons (Fsp3) is 0.0714. The highest BCUT2D eigenvalue weighted by atomic mass is 32.1. The summed E-state index contributed by atoms with van der Waals surface area (Å²) < 4.78 is 0. The van der Waals surface area contributed by atoms with Crippen LogP contribution in [0.2, 0.25) is 0 Å². The van der Waals surface area contributed by atoms with Crippen molar-refractivity contribution in [1.82, 2.24) is 19.9 Å². The second-order valence-corrected chi connectivity index (χ2v) is 5.17. The number of aryl methyl sites for hydroxylation is 1. The van der Waals surface area contributed by atoms with Crippen molar-refractivity contribution >= 4 is 22.4 Å². The average molecular weight is 294 g/mol. The van der Waals surface area contributed by atoms with Gasteiger partial charge < -0.3 is 0 Å². The lowest BCUT2D eigenvalue weighted by Gasteiger charge is -2.00. The molecule has 0 aliphatic heterocycles. The molecule has 0 atom stereocenters. The molecule has 0 spiro atoms. The number of hydrogen-bond donors (Lipinski definition) is 1. The summed E-state index contributed by atoms with van der Waals surface area (Å²) in [5.74, 6) is 0.459. The number of anilines is 2. The lowest BCUT2D eigenvalue weighted by molar-refractivity contribution is 1.10. The number of aromatic nitrogens is 4. The van der Waals surface area contributed by atoms with Crippen LogP contribution in [0.4, 0.5) is 11.1 Å².